The molecule has 6 heteroatoms. The van der Waals surface area contributed by atoms with Gasteiger partial charge in [-0.1, -0.05) is 12.1 Å². The lowest BCUT2D eigenvalue weighted by Crippen LogP contribution is -2.13. The first-order chi connectivity index (χ1) is 8.22. The van der Waals surface area contributed by atoms with Crippen LogP contribution in [0, 0.1) is 0 Å². The summed E-state index contributed by atoms with van der Waals surface area (Å²) in [6.07, 6.45) is 0. The van der Waals surface area contributed by atoms with Crippen LogP contribution in [0.1, 0.15) is 24.4 Å². The van der Waals surface area contributed by atoms with Gasteiger partial charge in [0.15, 0.2) is 5.82 Å². The topological polar surface area (TPSA) is 78.8 Å². The molecule has 0 amide bonds. The van der Waals surface area contributed by atoms with Gasteiger partial charge in [-0.2, -0.15) is 4.68 Å². The number of nitrogens with two attached hydrogens (primary N) is 1. The predicted molar refractivity (Wildman–Crippen MR) is 62.5 cm³/mol. The zero-order valence-electron chi connectivity index (χ0n) is 9.87. The molecular weight excluding hydrogens is 218 g/mol. The van der Waals surface area contributed by atoms with Crippen LogP contribution >= 0.6 is 0 Å². The van der Waals surface area contributed by atoms with Crippen LogP contribution in [0.3, 0.4) is 0 Å². The lowest BCUT2D eigenvalue weighted by molar-refractivity contribution is 0.185. The Balaban J connectivity index is 2.38. The van der Waals surface area contributed by atoms with E-state index >= 15 is 0 Å². The van der Waals surface area contributed by atoms with Gasteiger partial charge in [-0.25, -0.2) is 0 Å². The maximum atomic E-state index is 5.81. The molecular formula is C11H15N5O. The molecule has 1 aromatic carbocycles. The Labute approximate surface area is 99.4 Å². The molecule has 2 rings (SSSR count). The van der Waals surface area contributed by atoms with Crippen molar-refractivity contribution in [2.45, 2.75) is 19.6 Å². The molecule has 0 aliphatic rings. The molecule has 0 saturated heterocycles. The maximum absolute atomic E-state index is 5.81. The van der Waals surface area contributed by atoms with Crippen molar-refractivity contribution in [2.75, 3.05) is 7.11 Å². The number of ether oxygens (including phenoxy) is 1. The first-order valence-electron chi connectivity index (χ1n) is 5.34. The second kappa shape index (κ2) is 5.03. The zero-order valence-corrected chi connectivity index (χ0v) is 9.87. The molecule has 90 valence electrons. The van der Waals surface area contributed by atoms with Gasteiger partial charge in [0, 0.05) is 7.11 Å². The van der Waals surface area contributed by atoms with Gasteiger partial charge >= 0.3 is 0 Å². The van der Waals surface area contributed by atoms with Crippen molar-refractivity contribution in [3.63, 3.8) is 0 Å². The quantitative estimate of drug-likeness (QED) is 0.846. The molecule has 0 saturated carbocycles. The van der Waals surface area contributed by atoms with Crippen molar-refractivity contribution in [2.24, 2.45) is 5.73 Å². The molecule has 6 nitrogen and oxygen atoms in total. The van der Waals surface area contributed by atoms with Crippen molar-refractivity contribution in [1.82, 2.24) is 20.2 Å². The van der Waals surface area contributed by atoms with E-state index in [1.165, 1.54) is 0 Å². The van der Waals surface area contributed by atoms with E-state index in [-0.39, 0.29) is 6.04 Å². The number of hydrogen-bond acceptors (Lipinski definition) is 5. The van der Waals surface area contributed by atoms with Crippen LogP contribution in [0.4, 0.5) is 0 Å². The summed E-state index contributed by atoms with van der Waals surface area (Å²) in [5.41, 5.74) is 7.76. The van der Waals surface area contributed by atoms with E-state index in [0.29, 0.717) is 12.4 Å². The van der Waals surface area contributed by atoms with Crippen LogP contribution in [-0.2, 0) is 11.3 Å². The minimum Gasteiger partial charge on any atom is -0.380 e. The Hall–Kier alpha value is -1.79. The van der Waals surface area contributed by atoms with Gasteiger partial charge < -0.3 is 10.5 Å². The van der Waals surface area contributed by atoms with Crippen molar-refractivity contribution < 1.29 is 4.74 Å². The normalized spacial score (nSPS) is 12.6. The van der Waals surface area contributed by atoms with Gasteiger partial charge in [0.05, 0.1) is 18.3 Å². The molecule has 1 heterocycles. The van der Waals surface area contributed by atoms with Crippen LogP contribution in [0.5, 0.6) is 0 Å². The fourth-order valence-corrected chi connectivity index (χ4v) is 1.61. The highest BCUT2D eigenvalue weighted by molar-refractivity contribution is 5.35. The fourth-order valence-electron chi connectivity index (χ4n) is 1.61. The number of aromatic nitrogens is 4. The number of hydrogen-bond donors (Lipinski definition) is 1. The first-order valence-corrected chi connectivity index (χ1v) is 5.34. The lowest BCUT2D eigenvalue weighted by atomic mass is 10.2. The predicted octanol–water partition coefficient (Wildman–Crippen LogP) is 0.828. The molecule has 1 unspecified atom stereocenters. The summed E-state index contributed by atoms with van der Waals surface area (Å²) in [5, 5.41) is 11.5. The van der Waals surface area contributed by atoms with E-state index in [9.17, 15) is 0 Å². The van der Waals surface area contributed by atoms with Crippen molar-refractivity contribution in [3.8, 4) is 5.69 Å². The van der Waals surface area contributed by atoms with E-state index in [0.717, 1.165) is 11.3 Å². The SMILES string of the molecule is COCc1cccc(-n2nnnc2C(C)N)c1. The van der Waals surface area contributed by atoms with Gasteiger partial charge in [-0.05, 0) is 35.0 Å². The van der Waals surface area contributed by atoms with Crippen LogP contribution in [0.2, 0.25) is 0 Å². The van der Waals surface area contributed by atoms with E-state index in [4.69, 9.17) is 10.5 Å². The summed E-state index contributed by atoms with van der Waals surface area (Å²) in [6, 6.07) is 7.63. The van der Waals surface area contributed by atoms with Gasteiger partial charge in [0.1, 0.15) is 0 Å². The lowest BCUT2D eigenvalue weighted by Gasteiger charge is -2.08. The van der Waals surface area contributed by atoms with E-state index < -0.39 is 0 Å². The molecule has 0 spiro atoms. The Bertz CT molecular complexity index is 494. The summed E-state index contributed by atoms with van der Waals surface area (Å²) in [5.74, 6) is 0.638. The largest absolute Gasteiger partial charge is 0.380 e. The van der Waals surface area contributed by atoms with Crippen LogP contribution in [0.15, 0.2) is 24.3 Å². The molecule has 0 bridgehead atoms. The number of rotatable bonds is 4. The molecule has 1 atom stereocenters. The molecule has 2 aromatic rings. The molecule has 0 radical (unpaired) electrons. The average molecular weight is 233 g/mol. The summed E-state index contributed by atoms with van der Waals surface area (Å²) in [7, 11) is 1.66. The monoisotopic (exact) mass is 233 g/mol. The third-order valence-corrected chi connectivity index (χ3v) is 2.37. The summed E-state index contributed by atoms with van der Waals surface area (Å²) in [6.45, 7) is 2.41. The second-order valence-corrected chi connectivity index (χ2v) is 3.84. The van der Waals surface area contributed by atoms with E-state index in [1.54, 1.807) is 11.8 Å². The number of methoxy groups -OCH3 is 1. The second-order valence-electron chi connectivity index (χ2n) is 3.84. The van der Waals surface area contributed by atoms with Crippen molar-refractivity contribution >= 4 is 0 Å². The average Bonchev–Trinajstić information content (AvgIpc) is 2.79. The standard InChI is InChI=1S/C11H15N5O/c1-8(12)11-13-14-15-16(11)10-5-3-4-9(6-10)7-17-2/h3-6,8H,7,12H2,1-2H3. The highest BCUT2D eigenvalue weighted by Gasteiger charge is 2.12. The van der Waals surface area contributed by atoms with Crippen LogP contribution in [0.25, 0.3) is 5.69 Å². The first kappa shape index (κ1) is 11.7. The van der Waals surface area contributed by atoms with Crippen LogP contribution in [-0.4, -0.2) is 27.3 Å². The number of nitrogens with zero attached hydrogens (tertiary/aromatic N) is 4. The van der Waals surface area contributed by atoms with Gasteiger partial charge in [-0.3, -0.25) is 0 Å². The highest BCUT2D eigenvalue weighted by atomic mass is 16.5. The summed E-state index contributed by atoms with van der Waals surface area (Å²) < 4.78 is 6.73. The Morgan fingerprint density at radius 2 is 2.29 bits per heavy atom. The summed E-state index contributed by atoms with van der Waals surface area (Å²) in [4.78, 5) is 0. The maximum Gasteiger partial charge on any atom is 0.173 e. The van der Waals surface area contributed by atoms with Gasteiger partial charge in [0.25, 0.3) is 0 Å². The molecule has 0 fully saturated rings. The highest BCUT2D eigenvalue weighted by Crippen LogP contribution is 2.14. The van der Waals surface area contributed by atoms with Crippen LogP contribution < -0.4 is 5.73 Å². The molecule has 17 heavy (non-hydrogen) atoms. The fraction of sp³-hybridized carbons (Fsp3) is 0.364. The summed E-state index contributed by atoms with van der Waals surface area (Å²) >= 11 is 0. The number of benzene rings is 1. The Morgan fingerprint density at radius 3 is 3.00 bits per heavy atom. The van der Waals surface area contributed by atoms with Gasteiger partial charge in [-0.15, -0.1) is 5.10 Å². The molecule has 2 N–H and O–H groups in total. The van der Waals surface area contributed by atoms with E-state index in [2.05, 4.69) is 15.5 Å². The smallest absolute Gasteiger partial charge is 0.173 e. The minimum absolute atomic E-state index is 0.212. The zero-order chi connectivity index (χ0) is 12.3. The van der Waals surface area contributed by atoms with Crippen molar-refractivity contribution in [3.05, 3.63) is 35.7 Å². The third kappa shape index (κ3) is 2.48. The van der Waals surface area contributed by atoms with Crippen molar-refractivity contribution in [1.29, 1.82) is 0 Å². The third-order valence-electron chi connectivity index (χ3n) is 2.37. The Kier molecular flexibility index (Phi) is 3.46. The molecule has 1 aromatic heterocycles. The van der Waals surface area contributed by atoms with Gasteiger partial charge in [0.2, 0.25) is 0 Å². The van der Waals surface area contributed by atoms with E-state index in [1.807, 2.05) is 31.2 Å². The number of tetrazole rings is 1. The molecule has 0 aliphatic carbocycles. The Morgan fingerprint density at radius 1 is 1.47 bits per heavy atom. The molecule has 0 aliphatic heterocycles. The minimum atomic E-state index is -0.212.